The van der Waals surface area contributed by atoms with Crippen LogP contribution >= 0.6 is 24.0 Å². The average molecular weight is 427 g/mol. The van der Waals surface area contributed by atoms with Gasteiger partial charge in [0, 0.05) is 66.4 Å². The zero-order valence-corrected chi connectivity index (χ0v) is 16.3. The number of amides is 1. The molecule has 1 amide bonds. The summed E-state index contributed by atoms with van der Waals surface area (Å²) in [5, 5.41) is 6.50. The molecule has 7 nitrogen and oxygen atoms in total. The summed E-state index contributed by atoms with van der Waals surface area (Å²) >= 11 is 0. The second-order valence-electron chi connectivity index (χ2n) is 4.97. The molecule has 1 aliphatic rings. The molecule has 0 radical (unpaired) electrons. The second kappa shape index (κ2) is 12.9. The highest BCUT2D eigenvalue weighted by molar-refractivity contribution is 14.0. The number of carbonyl (C=O) groups is 1. The molecule has 0 aromatic heterocycles. The van der Waals surface area contributed by atoms with Crippen molar-refractivity contribution in [3.63, 3.8) is 0 Å². The summed E-state index contributed by atoms with van der Waals surface area (Å²) in [5.41, 5.74) is 0. The van der Waals surface area contributed by atoms with Gasteiger partial charge in [0.05, 0.1) is 6.61 Å². The molecule has 1 rings (SSSR count). The Balaban J connectivity index is 0.00000441. The second-order valence-corrected chi connectivity index (χ2v) is 4.97. The van der Waals surface area contributed by atoms with Crippen LogP contribution in [-0.2, 0) is 9.53 Å². The molecule has 1 saturated heterocycles. The predicted molar refractivity (Wildman–Crippen MR) is 100.0 cm³/mol. The van der Waals surface area contributed by atoms with Crippen LogP contribution < -0.4 is 10.6 Å². The van der Waals surface area contributed by atoms with Gasteiger partial charge in [-0.2, -0.15) is 0 Å². The normalized spacial score (nSPS) is 16.1. The fourth-order valence-electron chi connectivity index (χ4n) is 2.23. The van der Waals surface area contributed by atoms with Gasteiger partial charge in [-0.1, -0.05) is 0 Å². The molecule has 1 heterocycles. The minimum absolute atomic E-state index is 0. The first-order valence-corrected chi connectivity index (χ1v) is 7.67. The van der Waals surface area contributed by atoms with Crippen LogP contribution in [0.5, 0.6) is 0 Å². The molecule has 0 saturated carbocycles. The first kappa shape index (κ1) is 21.4. The quantitative estimate of drug-likeness (QED) is 0.259. The number of piperazine rings is 1. The largest absolute Gasteiger partial charge is 0.380 e. The van der Waals surface area contributed by atoms with Crippen LogP contribution in [0.25, 0.3) is 0 Å². The molecule has 2 N–H and O–H groups in total. The van der Waals surface area contributed by atoms with E-state index < -0.39 is 0 Å². The number of halogens is 1. The molecule has 0 aromatic carbocycles. The Morgan fingerprint density at radius 1 is 1.18 bits per heavy atom. The molecule has 0 unspecified atom stereocenters. The van der Waals surface area contributed by atoms with Crippen molar-refractivity contribution in [1.29, 1.82) is 0 Å². The number of rotatable bonds is 7. The van der Waals surface area contributed by atoms with Gasteiger partial charge in [-0.15, -0.1) is 24.0 Å². The number of hydrogen-bond donors (Lipinski definition) is 2. The van der Waals surface area contributed by atoms with Crippen molar-refractivity contribution >= 4 is 35.8 Å². The van der Waals surface area contributed by atoms with E-state index in [1.807, 2.05) is 11.8 Å². The summed E-state index contributed by atoms with van der Waals surface area (Å²) in [5.74, 6) is 0.976. The van der Waals surface area contributed by atoms with Gasteiger partial charge < -0.3 is 20.3 Å². The highest BCUT2D eigenvalue weighted by atomic mass is 127. The summed E-state index contributed by atoms with van der Waals surface area (Å²) in [6, 6.07) is 0. The summed E-state index contributed by atoms with van der Waals surface area (Å²) < 4.78 is 5.27. The summed E-state index contributed by atoms with van der Waals surface area (Å²) in [7, 11) is 1.77. The maximum atomic E-state index is 11.3. The molecule has 0 aromatic rings. The first-order chi connectivity index (χ1) is 10.2. The third kappa shape index (κ3) is 8.74. The van der Waals surface area contributed by atoms with Gasteiger partial charge in [0.15, 0.2) is 5.96 Å². The Labute approximate surface area is 150 Å². The summed E-state index contributed by atoms with van der Waals surface area (Å²) in [6.45, 7) is 11.1. The van der Waals surface area contributed by atoms with Gasteiger partial charge >= 0.3 is 0 Å². The van der Waals surface area contributed by atoms with E-state index in [2.05, 4.69) is 20.5 Å². The van der Waals surface area contributed by atoms with Crippen LogP contribution in [0.3, 0.4) is 0 Å². The highest BCUT2D eigenvalue weighted by Crippen LogP contribution is 2.00. The van der Waals surface area contributed by atoms with Crippen LogP contribution in [0.15, 0.2) is 4.99 Å². The monoisotopic (exact) mass is 427 g/mol. The van der Waals surface area contributed by atoms with Crippen LogP contribution in [-0.4, -0.2) is 87.7 Å². The molecular weight excluding hydrogens is 397 g/mol. The number of hydrogen-bond acceptors (Lipinski definition) is 4. The van der Waals surface area contributed by atoms with E-state index in [-0.39, 0.29) is 29.9 Å². The van der Waals surface area contributed by atoms with Crippen molar-refractivity contribution < 1.29 is 9.53 Å². The van der Waals surface area contributed by atoms with E-state index in [4.69, 9.17) is 4.74 Å². The number of nitrogens with one attached hydrogen (secondary N) is 2. The van der Waals surface area contributed by atoms with Gasteiger partial charge in [0.1, 0.15) is 0 Å². The zero-order valence-electron chi connectivity index (χ0n) is 13.9. The molecule has 0 spiro atoms. The van der Waals surface area contributed by atoms with Crippen molar-refractivity contribution in [3.8, 4) is 0 Å². The highest BCUT2D eigenvalue weighted by Gasteiger charge is 2.17. The minimum atomic E-state index is 0. The SMILES string of the molecule is CCOCCNC(=NC)NCCN1CCN(C(C)=O)CC1.I. The molecule has 130 valence electrons. The maximum Gasteiger partial charge on any atom is 0.219 e. The Hall–Kier alpha value is -0.610. The summed E-state index contributed by atoms with van der Waals surface area (Å²) in [4.78, 5) is 19.7. The fourth-order valence-corrected chi connectivity index (χ4v) is 2.23. The van der Waals surface area contributed by atoms with Crippen molar-refractivity contribution in [1.82, 2.24) is 20.4 Å². The van der Waals surface area contributed by atoms with Gasteiger partial charge in [0.25, 0.3) is 0 Å². The Kier molecular flexibility index (Phi) is 12.5. The number of guanidine groups is 1. The van der Waals surface area contributed by atoms with E-state index in [0.717, 1.165) is 58.4 Å². The van der Waals surface area contributed by atoms with Crippen LogP contribution in [0.2, 0.25) is 0 Å². The van der Waals surface area contributed by atoms with Crippen molar-refractivity contribution in [2.24, 2.45) is 4.99 Å². The third-order valence-corrected chi connectivity index (χ3v) is 3.50. The number of nitrogens with zero attached hydrogens (tertiary/aromatic N) is 3. The van der Waals surface area contributed by atoms with Gasteiger partial charge in [-0.05, 0) is 6.92 Å². The lowest BCUT2D eigenvalue weighted by atomic mass is 10.3. The zero-order chi connectivity index (χ0) is 15.5. The molecule has 22 heavy (non-hydrogen) atoms. The smallest absolute Gasteiger partial charge is 0.219 e. The molecule has 1 aliphatic heterocycles. The lowest BCUT2D eigenvalue weighted by Gasteiger charge is -2.34. The molecular formula is C14H30IN5O2. The number of aliphatic imine (C=N–C) groups is 1. The van der Waals surface area contributed by atoms with Gasteiger partial charge in [-0.25, -0.2) is 0 Å². The maximum absolute atomic E-state index is 11.3. The fraction of sp³-hybridized carbons (Fsp3) is 0.857. The van der Waals surface area contributed by atoms with Crippen molar-refractivity contribution in [2.45, 2.75) is 13.8 Å². The third-order valence-electron chi connectivity index (χ3n) is 3.50. The topological polar surface area (TPSA) is 69.2 Å². The predicted octanol–water partition coefficient (Wildman–Crippen LogP) is -0.0300. The minimum Gasteiger partial charge on any atom is -0.380 e. The van der Waals surface area contributed by atoms with Crippen LogP contribution in [0.1, 0.15) is 13.8 Å². The van der Waals surface area contributed by atoms with Crippen LogP contribution in [0.4, 0.5) is 0 Å². The molecule has 0 aliphatic carbocycles. The van der Waals surface area contributed by atoms with E-state index in [9.17, 15) is 4.79 Å². The average Bonchev–Trinajstić information content (AvgIpc) is 2.50. The Morgan fingerprint density at radius 2 is 1.82 bits per heavy atom. The molecule has 1 fully saturated rings. The van der Waals surface area contributed by atoms with E-state index in [1.54, 1.807) is 14.0 Å². The lowest BCUT2D eigenvalue weighted by Crippen LogP contribution is -2.50. The van der Waals surface area contributed by atoms with Crippen molar-refractivity contribution in [3.05, 3.63) is 0 Å². The Morgan fingerprint density at radius 3 is 2.36 bits per heavy atom. The van der Waals surface area contributed by atoms with E-state index >= 15 is 0 Å². The van der Waals surface area contributed by atoms with Crippen LogP contribution in [0, 0.1) is 0 Å². The lowest BCUT2D eigenvalue weighted by molar-refractivity contribution is -0.130. The molecule has 8 heteroatoms. The molecule has 0 bridgehead atoms. The summed E-state index contributed by atoms with van der Waals surface area (Å²) in [6.07, 6.45) is 0. The first-order valence-electron chi connectivity index (χ1n) is 7.67. The standard InChI is InChI=1S/C14H29N5O2.HI/c1-4-21-12-6-17-14(15-3)16-5-7-18-8-10-19(11-9-18)13(2)20;/h4-12H2,1-3H3,(H2,15,16,17);1H. The molecule has 0 atom stereocenters. The van der Waals surface area contributed by atoms with Gasteiger partial charge in [0.2, 0.25) is 5.91 Å². The van der Waals surface area contributed by atoms with E-state index in [0.29, 0.717) is 6.61 Å². The van der Waals surface area contributed by atoms with Gasteiger partial charge in [-0.3, -0.25) is 14.7 Å². The number of carbonyl (C=O) groups excluding carboxylic acids is 1. The van der Waals surface area contributed by atoms with Crippen molar-refractivity contribution in [2.75, 3.05) is 66.1 Å². The Bertz CT molecular complexity index is 333. The number of ether oxygens (including phenoxy) is 1. The van der Waals surface area contributed by atoms with E-state index in [1.165, 1.54) is 0 Å².